The van der Waals surface area contributed by atoms with Gasteiger partial charge in [-0.05, 0) is 55.2 Å². The van der Waals surface area contributed by atoms with Gasteiger partial charge in [-0.3, -0.25) is 4.99 Å². The summed E-state index contributed by atoms with van der Waals surface area (Å²) in [6.07, 6.45) is 3.47. The Morgan fingerprint density at radius 2 is 1.53 bits per heavy atom. The Bertz CT molecular complexity index is 970. The molecule has 2 aromatic carbocycles. The van der Waals surface area contributed by atoms with Crippen molar-refractivity contribution < 1.29 is 22.6 Å². The molecular weight excluding hydrogens is 404 g/mol. The smallest absolute Gasteiger partial charge is 0.243 e. The van der Waals surface area contributed by atoms with Crippen molar-refractivity contribution in [2.75, 3.05) is 34.4 Å². The van der Waals surface area contributed by atoms with Crippen LogP contribution in [0.4, 0.5) is 5.69 Å². The Morgan fingerprint density at radius 1 is 0.967 bits per heavy atom. The third kappa shape index (κ3) is 4.76. The van der Waals surface area contributed by atoms with E-state index in [9.17, 15) is 8.42 Å². The lowest BCUT2D eigenvalue weighted by Crippen LogP contribution is -2.37. The van der Waals surface area contributed by atoms with Gasteiger partial charge in [-0.2, -0.15) is 4.31 Å². The molecule has 0 saturated carbocycles. The minimum Gasteiger partial charge on any atom is -0.493 e. The summed E-state index contributed by atoms with van der Waals surface area (Å²) in [5, 5.41) is 0. The number of sulfonamides is 1. The van der Waals surface area contributed by atoms with Gasteiger partial charge in [-0.25, -0.2) is 8.42 Å². The summed E-state index contributed by atoms with van der Waals surface area (Å²) in [5.41, 5.74) is 1.42. The van der Waals surface area contributed by atoms with Crippen LogP contribution in [0.5, 0.6) is 17.2 Å². The molecule has 2 aromatic rings. The van der Waals surface area contributed by atoms with E-state index in [-0.39, 0.29) is 0 Å². The molecule has 1 heterocycles. The molecule has 8 heteroatoms. The van der Waals surface area contributed by atoms with E-state index >= 15 is 0 Å². The molecule has 0 unspecified atom stereocenters. The lowest BCUT2D eigenvalue weighted by atomic mass is 10.0. The highest BCUT2D eigenvalue weighted by Gasteiger charge is 2.27. The zero-order valence-electron chi connectivity index (χ0n) is 17.8. The number of benzene rings is 2. The normalized spacial score (nSPS) is 16.0. The van der Waals surface area contributed by atoms with Gasteiger partial charge >= 0.3 is 0 Å². The standard InChI is InChI=1S/C22H28N2O5S/c1-16-9-11-24(12-10-16)30(25,26)19-7-5-18(6-8-19)23-15-17-13-20(27-2)22(29-4)21(14-17)28-3/h5-8,13-16H,9-12H2,1-4H3. The maximum Gasteiger partial charge on any atom is 0.243 e. The number of rotatable bonds is 7. The molecule has 7 nitrogen and oxygen atoms in total. The molecule has 0 bridgehead atoms. The van der Waals surface area contributed by atoms with Gasteiger partial charge in [0.2, 0.25) is 15.8 Å². The summed E-state index contributed by atoms with van der Waals surface area (Å²) < 4.78 is 43.3. The Labute approximate surface area is 178 Å². The number of hydrogen-bond donors (Lipinski definition) is 0. The fourth-order valence-electron chi connectivity index (χ4n) is 3.40. The van der Waals surface area contributed by atoms with Crippen molar-refractivity contribution in [1.82, 2.24) is 4.31 Å². The quantitative estimate of drug-likeness (QED) is 0.621. The topological polar surface area (TPSA) is 77.4 Å². The molecule has 0 aromatic heterocycles. The molecular formula is C22H28N2O5S. The summed E-state index contributed by atoms with van der Waals surface area (Å²) in [7, 11) is 1.20. The van der Waals surface area contributed by atoms with Crippen molar-refractivity contribution >= 4 is 21.9 Å². The SMILES string of the molecule is COc1cc(C=Nc2ccc(S(=O)(=O)N3CCC(C)CC3)cc2)cc(OC)c1OC. The lowest BCUT2D eigenvalue weighted by molar-refractivity contribution is 0.288. The molecule has 1 saturated heterocycles. The molecule has 0 radical (unpaired) electrons. The van der Waals surface area contributed by atoms with E-state index in [0.29, 0.717) is 46.8 Å². The minimum absolute atomic E-state index is 0.295. The van der Waals surface area contributed by atoms with E-state index in [1.54, 1.807) is 68.2 Å². The second kappa shape index (κ2) is 9.49. The average molecular weight is 433 g/mol. The van der Waals surface area contributed by atoms with Gasteiger partial charge in [-0.1, -0.05) is 6.92 Å². The van der Waals surface area contributed by atoms with Crippen LogP contribution in [0.3, 0.4) is 0 Å². The number of nitrogens with zero attached hydrogens (tertiary/aromatic N) is 2. The van der Waals surface area contributed by atoms with Crippen LogP contribution in [0.2, 0.25) is 0 Å². The van der Waals surface area contributed by atoms with Crippen molar-refractivity contribution in [1.29, 1.82) is 0 Å². The van der Waals surface area contributed by atoms with Gasteiger partial charge in [0.1, 0.15) is 0 Å². The van der Waals surface area contributed by atoms with Gasteiger partial charge in [-0.15, -0.1) is 0 Å². The van der Waals surface area contributed by atoms with Crippen LogP contribution < -0.4 is 14.2 Å². The second-order valence-electron chi connectivity index (χ2n) is 7.30. The Hall–Kier alpha value is -2.58. The van der Waals surface area contributed by atoms with Crippen molar-refractivity contribution in [3.63, 3.8) is 0 Å². The second-order valence-corrected chi connectivity index (χ2v) is 9.24. The van der Waals surface area contributed by atoms with Crippen LogP contribution in [0.25, 0.3) is 0 Å². The molecule has 0 aliphatic carbocycles. The monoisotopic (exact) mass is 432 g/mol. The molecule has 30 heavy (non-hydrogen) atoms. The molecule has 1 aliphatic heterocycles. The maximum atomic E-state index is 12.8. The van der Waals surface area contributed by atoms with Gasteiger partial charge in [0, 0.05) is 24.9 Å². The molecule has 1 aliphatic rings. The fourth-order valence-corrected chi connectivity index (χ4v) is 4.87. The number of piperidine rings is 1. The van der Waals surface area contributed by atoms with Crippen molar-refractivity contribution in [2.24, 2.45) is 10.9 Å². The minimum atomic E-state index is -3.46. The molecule has 3 rings (SSSR count). The summed E-state index contributed by atoms with van der Waals surface area (Å²) in [6, 6.07) is 10.2. The van der Waals surface area contributed by atoms with Crippen LogP contribution in [0.15, 0.2) is 46.3 Å². The Kier molecular flexibility index (Phi) is 6.99. The van der Waals surface area contributed by atoms with Crippen LogP contribution in [-0.2, 0) is 10.0 Å². The molecule has 1 fully saturated rings. The number of hydrogen-bond acceptors (Lipinski definition) is 6. The highest BCUT2D eigenvalue weighted by Crippen LogP contribution is 2.37. The number of methoxy groups -OCH3 is 3. The van der Waals surface area contributed by atoms with Crippen LogP contribution >= 0.6 is 0 Å². The van der Waals surface area contributed by atoms with E-state index in [2.05, 4.69) is 11.9 Å². The zero-order chi connectivity index (χ0) is 21.7. The van der Waals surface area contributed by atoms with Crippen LogP contribution in [-0.4, -0.2) is 53.4 Å². The highest BCUT2D eigenvalue weighted by atomic mass is 32.2. The number of aliphatic imine (C=N–C) groups is 1. The van der Waals surface area contributed by atoms with Crippen molar-refractivity contribution in [3.8, 4) is 17.2 Å². The highest BCUT2D eigenvalue weighted by molar-refractivity contribution is 7.89. The van der Waals surface area contributed by atoms with Gasteiger partial charge < -0.3 is 14.2 Å². The first-order valence-electron chi connectivity index (χ1n) is 9.83. The first-order chi connectivity index (χ1) is 14.4. The number of ether oxygens (including phenoxy) is 3. The predicted molar refractivity (Wildman–Crippen MR) is 117 cm³/mol. The first-order valence-corrected chi connectivity index (χ1v) is 11.3. The van der Waals surface area contributed by atoms with Crippen molar-refractivity contribution in [3.05, 3.63) is 42.0 Å². The molecule has 0 N–H and O–H groups in total. The lowest BCUT2D eigenvalue weighted by Gasteiger charge is -2.29. The average Bonchev–Trinajstić information content (AvgIpc) is 2.77. The summed E-state index contributed by atoms with van der Waals surface area (Å²) >= 11 is 0. The van der Waals surface area contributed by atoms with E-state index < -0.39 is 10.0 Å². The van der Waals surface area contributed by atoms with Gasteiger partial charge in [0.15, 0.2) is 11.5 Å². The summed E-state index contributed by atoms with van der Waals surface area (Å²) in [6.45, 7) is 3.31. The largest absolute Gasteiger partial charge is 0.493 e. The van der Waals surface area contributed by atoms with E-state index in [1.807, 2.05) is 0 Å². The van der Waals surface area contributed by atoms with Crippen LogP contribution in [0, 0.1) is 5.92 Å². The Balaban J connectivity index is 1.78. The van der Waals surface area contributed by atoms with E-state index in [4.69, 9.17) is 14.2 Å². The third-order valence-electron chi connectivity index (χ3n) is 5.27. The summed E-state index contributed by atoms with van der Waals surface area (Å²) in [4.78, 5) is 4.74. The van der Waals surface area contributed by atoms with Gasteiger partial charge in [0.25, 0.3) is 0 Å². The molecule has 0 amide bonds. The predicted octanol–water partition coefficient (Wildman–Crippen LogP) is 3.88. The third-order valence-corrected chi connectivity index (χ3v) is 7.18. The first kappa shape index (κ1) is 22.1. The van der Waals surface area contributed by atoms with E-state index in [1.165, 1.54) is 0 Å². The molecule has 0 spiro atoms. The molecule has 0 atom stereocenters. The van der Waals surface area contributed by atoms with E-state index in [0.717, 1.165) is 18.4 Å². The fraction of sp³-hybridized carbons (Fsp3) is 0.409. The molecule has 162 valence electrons. The zero-order valence-corrected chi connectivity index (χ0v) is 18.6. The van der Waals surface area contributed by atoms with Gasteiger partial charge in [0.05, 0.1) is 31.9 Å². The van der Waals surface area contributed by atoms with Crippen molar-refractivity contribution in [2.45, 2.75) is 24.7 Å². The maximum absolute atomic E-state index is 12.8. The summed E-state index contributed by atoms with van der Waals surface area (Å²) in [5.74, 6) is 2.16. The Morgan fingerprint density at radius 3 is 2.03 bits per heavy atom. The van der Waals surface area contributed by atoms with Crippen LogP contribution in [0.1, 0.15) is 25.3 Å².